The number of hydrogen-bond acceptors (Lipinski definition) is 3. The van der Waals surface area contributed by atoms with Crippen molar-refractivity contribution >= 4 is 6.03 Å². The van der Waals surface area contributed by atoms with E-state index in [9.17, 15) is 0 Å². The molecule has 0 saturated heterocycles. The van der Waals surface area contributed by atoms with E-state index in [2.05, 4.69) is 11.5 Å². The molecule has 6 N–H and O–H groups in total. The summed E-state index contributed by atoms with van der Waals surface area (Å²) < 4.78 is 0. The molecule has 0 saturated carbocycles. The van der Waals surface area contributed by atoms with Crippen LogP contribution in [0.3, 0.4) is 0 Å². The van der Waals surface area contributed by atoms with Crippen LogP contribution in [0.5, 0.6) is 11.5 Å². The largest absolute Gasteiger partial charge is 0.508 e. The predicted octanol–water partition coefficient (Wildman–Crippen LogP) is 1.79. The van der Waals surface area contributed by atoms with Gasteiger partial charge in [0, 0.05) is 0 Å². The predicted molar refractivity (Wildman–Crippen MR) is 69.0 cm³/mol. The molecule has 0 bridgehead atoms. The van der Waals surface area contributed by atoms with Crippen molar-refractivity contribution in [2.45, 2.75) is 0 Å². The van der Waals surface area contributed by atoms with E-state index in [4.69, 9.17) is 15.0 Å². The van der Waals surface area contributed by atoms with Crippen LogP contribution in [0.25, 0.3) is 11.1 Å². The van der Waals surface area contributed by atoms with Crippen LogP contribution in [0.2, 0.25) is 0 Å². The summed E-state index contributed by atoms with van der Waals surface area (Å²) in [5, 5.41) is 18.2. The molecule has 2 aromatic carbocycles. The van der Waals surface area contributed by atoms with Gasteiger partial charge in [-0.05, 0) is 35.4 Å². The van der Waals surface area contributed by atoms with E-state index in [1.165, 1.54) is 0 Å². The molecule has 0 atom stereocenters. The fourth-order valence-corrected chi connectivity index (χ4v) is 1.31. The zero-order chi connectivity index (χ0) is 13.5. The van der Waals surface area contributed by atoms with Gasteiger partial charge in [-0.25, -0.2) is 4.79 Å². The van der Waals surface area contributed by atoms with Crippen molar-refractivity contribution in [2.24, 2.45) is 11.5 Å². The number of phenols is 2. The molecule has 0 radical (unpaired) electrons. The maximum atomic E-state index is 9.11. The van der Waals surface area contributed by atoms with Crippen LogP contribution in [0.1, 0.15) is 0 Å². The highest BCUT2D eigenvalue weighted by Crippen LogP contribution is 2.23. The molecule has 2 amide bonds. The molecule has 0 spiro atoms. The first-order valence-electron chi connectivity index (χ1n) is 5.12. The minimum Gasteiger partial charge on any atom is -0.508 e. The maximum absolute atomic E-state index is 9.11. The molecule has 5 nitrogen and oxygen atoms in total. The number of aromatic hydroxyl groups is 2. The zero-order valence-electron chi connectivity index (χ0n) is 9.58. The Kier molecular flexibility index (Phi) is 4.57. The molecule has 0 fully saturated rings. The highest BCUT2D eigenvalue weighted by molar-refractivity contribution is 5.69. The van der Waals surface area contributed by atoms with Crippen LogP contribution >= 0.6 is 0 Å². The van der Waals surface area contributed by atoms with Gasteiger partial charge >= 0.3 is 6.03 Å². The number of rotatable bonds is 1. The van der Waals surface area contributed by atoms with Crippen LogP contribution in [-0.2, 0) is 0 Å². The Morgan fingerprint density at radius 3 is 1.17 bits per heavy atom. The zero-order valence-corrected chi connectivity index (χ0v) is 9.58. The van der Waals surface area contributed by atoms with E-state index in [0.717, 1.165) is 11.1 Å². The third kappa shape index (κ3) is 4.44. The second kappa shape index (κ2) is 6.15. The van der Waals surface area contributed by atoms with Gasteiger partial charge in [0.25, 0.3) is 0 Å². The smallest absolute Gasteiger partial charge is 0.309 e. The lowest BCUT2D eigenvalue weighted by atomic mass is 10.1. The van der Waals surface area contributed by atoms with E-state index in [-0.39, 0.29) is 11.5 Å². The number of urea groups is 1. The van der Waals surface area contributed by atoms with Crippen molar-refractivity contribution in [3.63, 3.8) is 0 Å². The summed E-state index contributed by atoms with van der Waals surface area (Å²) >= 11 is 0. The van der Waals surface area contributed by atoms with E-state index >= 15 is 0 Å². The van der Waals surface area contributed by atoms with Crippen LogP contribution < -0.4 is 11.5 Å². The third-order valence-corrected chi connectivity index (χ3v) is 2.07. The summed E-state index contributed by atoms with van der Waals surface area (Å²) in [6.07, 6.45) is 0. The van der Waals surface area contributed by atoms with Crippen molar-refractivity contribution in [3.8, 4) is 22.6 Å². The van der Waals surface area contributed by atoms with Crippen molar-refractivity contribution < 1.29 is 15.0 Å². The number of benzene rings is 2. The Morgan fingerprint density at radius 2 is 0.944 bits per heavy atom. The highest BCUT2D eigenvalue weighted by Gasteiger charge is 1.96. The van der Waals surface area contributed by atoms with Gasteiger partial charge in [-0.15, -0.1) is 0 Å². The lowest BCUT2D eigenvalue weighted by Gasteiger charge is -2.01. The van der Waals surface area contributed by atoms with Crippen molar-refractivity contribution in [1.29, 1.82) is 0 Å². The Hall–Kier alpha value is -2.69. The van der Waals surface area contributed by atoms with Gasteiger partial charge < -0.3 is 21.7 Å². The second-order valence-corrected chi connectivity index (χ2v) is 3.50. The Morgan fingerprint density at radius 1 is 0.722 bits per heavy atom. The first-order valence-corrected chi connectivity index (χ1v) is 5.12. The molecule has 0 aliphatic rings. The fourth-order valence-electron chi connectivity index (χ4n) is 1.31. The van der Waals surface area contributed by atoms with E-state index in [0.29, 0.717) is 0 Å². The molecule has 0 unspecified atom stereocenters. The average Bonchev–Trinajstić information content (AvgIpc) is 2.31. The van der Waals surface area contributed by atoms with Gasteiger partial charge in [0.15, 0.2) is 0 Å². The van der Waals surface area contributed by atoms with Gasteiger partial charge in [-0.3, -0.25) is 0 Å². The van der Waals surface area contributed by atoms with Crippen LogP contribution in [0, 0.1) is 0 Å². The Bertz CT molecular complexity index is 459. The van der Waals surface area contributed by atoms with Crippen LogP contribution in [0.15, 0.2) is 48.5 Å². The molecule has 0 aliphatic carbocycles. The number of hydrogen-bond donors (Lipinski definition) is 4. The van der Waals surface area contributed by atoms with Crippen LogP contribution in [0.4, 0.5) is 4.79 Å². The summed E-state index contributed by atoms with van der Waals surface area (Å²) in [6, 6.07) is 13.1. The molecular weight excluding hydrogens is 232 g/mol. The summed E-state index contributed by atoms with van der Waals surface area (Å²) in [5.74, 6) is 0.514. The van der Waals surface area contributed by atoms with Crippen molar-refractivity contribution in [3.05, 3.63) is 48.5 Å². The number of phenolic OH excluding ortho intramolecular Hbond substituents is 2. The Labute approximate surface area is 104 Å². The quantitative estimate of drug-likeness (QED) is 0.615. The lowest BCUT2D eigenvalue weighted by Crippen LogP contribution is -2.18. The normalized spacial score (nSPS) is 9.11. The number of nitrogens with two attached hydrogens (primary N) is 2. The summed E-state index contributed by atoms with van der Waals surface area (Å²) in [7, 11) is 0. The van der Waals surface area contributed by atoms with Gasteiger partial charge in [0.05, 0.1) is 0 Å². The maximum Gasteiger partial charge on any atom is 0.309 e. The minimum absolute atomic E-state index is 0.257. The van der Waals surface area contributed by atoms with Crippen LogP contribution in [-0.4, -0.2) is 16.2 Å². The number of primary amides is 2. The minimum atomic E-state index is -0.833. The first kappa shape index (κ1) is 13.4. The van der Waals surface area contributed by atoms with E-state index in [1.54, 1.807) is 24.3 Å². The highest BCUT2D eigenvalue weighted by atomic mass is 16.3. The van der Waals surface area contributed by atoms with E-state index < -0.39 is 6.03 Å². The van der Waals surface area contributed by atoms with Gasteiger partial charge in [-0.1, -0.05) is 24.3 Å². The summed E-state index contributed by atoms with van der Waals surface area (Å²) in [6.45, 7) is 0. The molecule has 94 valence electrons. The van der Waals surface area contributed by atoms with Gasteiger partial charge in [0.1, 0.15) is 11.5 Å². The SMILES string of the molecule is NC(N)=O.Oc1ccc(-c2ccc(O)cc2)cc1. The number of carbonyl (C=O) groups is 1. The Balaban J connectivity index is 0.000000357. The molecule has 0 aromatic heterocycles. The standard InChI is InChI=1S/C12H10O2.CH4N2O/c13-11-5-1-9(2-6-11)10-3-7-12(14)8-4-10;2-1(3)4/h1-8,13-14H;(H4,2,3,4). The summed E-state index contributed by atoms with van der Waals surface area (Å²) in [5.41, 5.74) is 10.5. The van der Waals surface area contributed by atoms with E-state index in [1.807, 2.05) is 24.3 Å². The molecule has 0 aliphatic heterocycles. The first-order chi connectivity index (χ1) is 8.49. The van der Waals surface area contributed by atoms with Gasteiger partial charge in [0.2, 0.25) is 0 Å². The lowest BCUT2D eigenvalue weighted by molar-refractivity contribution is 0.256. The van der Waals surface area contributed by atoms with Crippen molar-refractivity contribution in [2.75, 3.05) is 0 Å². The molecular formula is C13H14N2O3. The van der Waals surface area contributed by atoms with Gasteiger partial charge in [-0.2, -0.15) is 0 Å². The third-order valence-electron chi connectivity index (χ3n) is 2.07. The summed E-state index contributed by atoms with van der Waals surface area (Å²) in [4.78, 5) is 9.00. The fraction of sp³-hybridized carbons (Fsp3) is 0. The average molecular weight is 246 g/mol. The number of carbonyl (C=O) groups excluding carboxylic acids is 1. The molecule has 5 heteroatoms. The molecule has 0 heterocycles. The molecule has 18 heavy (non-hydrogen) atoms. The molecule has 2 aromatic rings. The second-order valence-electron chi connectivity index (χ2n) is 3.50. The molecule has 2 rings (SSSR count). The topological polar surface area (TPSA) is 110 Å². The number of amides is 2. The monoisotopic (exact) mass is 246 g/mol. The van der Waals surface area contributed by atoms with Crippen molar-refractivity contribution in [1.82, 2.24) is 0 Å².